The van der Waals surface area contributed by atoms with Crippen molar-refractivity contribution in [3.05, 3.63) is 95.6 Å². The third-order valence-corrected chi connectivity index (χ3v) is 6.55. The van der Waals surface area contributed by atoms with Gasteiger partial charge in [-0.15, -0.1) is 0 Å². The molecule has 1 aliphatic heterocycles. The van der Waals surface area contributed by atoms with Crippen molar-refractivity contribution >= 4 is 17.6 Å². The van der Waals surface area contributed by atoms with E-state index in [9.17, 15) is 4.79 Å². The SMILES string of the molecule is CCC1(CC)C[C@H](NC(=O)/C(=C/c2ccc(OC)cc2)c2ccccc2)c2ccccc2O1. The van der Waals surface area contributed by atoms with Crippen LogP contribution in [0.5, 0.6) is 11.5 Å². The van der Waals surface area contributed by atoms with Crippen molar-refractivity contribution in [2.24, 2.45) is 0 Å². The Balaban J connectivity index is 1.69. The smallest absolute Gasteiger partial charge is 0.252 e. The van der Waals surface area contributed by atoms with Crippen molar-refractivity contribution in [2.45, 2.75) is 44.8 Å². The van der Waals surface area contributed by atoms with Crippen LogP contribution in [0.25, 0.3) is 11.6 Å². The molecule has 1 atom stereocenters. The molecule has 0 saturated heterocycles. The van der Waals surface area contributed by atoms with Gasteiger partial charge in [-0.1, -0.05) is 74.5 Å². The van der Waals surface area contributed by atoms with Gasteiger partial charge in [0, 0.05) is 17.6 Å². The van der Waals surface area contributed by atoms with Crippen LogP contribution in [-0.2, 0) is 4.79 Å². The topological polar surface area (TPSA) is 47.6 Å². The molecule has 0 fully saturated rings. The minimum absolute atomic E-state index is 0.0974. The van der Waals surface area contributed by atoms with Crippen LogP contribution in [0.4, 0.5) is 0 Å². The summed E-state index contributed by atoms with van der Waals surface area (Å²) >= 11 is 0. The Morgan fingerprint density at radius 2 is 1.67 bits per heavy atom. The van der Waals surface area contributed by atoms with E-state index in [-0.39, 0.29) is 17.6 Å². The Kier molecular flexibility index (Phi) is 6.83. The zero-order valence-corrected chi connectivity index (χ0v) is 19.5. The average molecular weight is 442 g/mol. The maximum absolute atomic E-state index is 13.7. The number of nitrogens with one attached hydrogen (secondary N) is 1. The number of carbonyl (C=O) groups is 1. The molecule has 4 rings (SSSR count). The molecular weight excluding hydrogens is 410 g/mol. The summed E-state index contributed by atoms with van der Waals surface area (Å²) in [6.45, 7) is 4.30. The summed E-state index contributed by atoms with van der Waals surface area (Å²) in [4.78, 5) is 13.7. The number of carbonyl (C=O) groups excluding carboxylic acids is 1. The lowest BCUT2D eigenvalue weighted by atomic mass is 9.83. The van der Waals surface area contributed by atoms with E-state index in [0.717, 1.165) is 47.5 Å². The number of hydrogen-bond donors (Lipinski definition) is 1. The normalized spacial score (nSPS) is 16.9. The van der Waals surface area contributed by atoms with Gasteiger partial charge in [0.15, 0.2) is 0 Å². The lowest BCUT2D eigenvalue weighted by Gasteiger charge is -2.41. The number of hydrogen-bond acceptors (Lipinski definition) is 3. The average Bonchev–Trinajstić information content (AvgIpc) is 2.88. The monoisotopic (exact) mass is 441 g/mol. The predicted molar refractivity (Wildman–Crippen MR) is 133 cm³/mol. The molecule has 4 nitrogen and oxygen atoms in total. The van der Waals surface area contributed by atoms with E-state index in [1.165, 1.54) is 0 Å². The van der Waals surface area contributed by atoms with Gasteiger partial charge in [0.05, 0.1) is 13.2 Å². The van der Waals surface area contributed by atoms with Crippen LogP contribution in [-0.4, -0.2) is 18.6 Å². The summed E-state index contributed by atoms with van der Waals surface area (Å²) < 4.78 is 11.7. The van der Waals surface area contributed by atoms with E-state index in [2.05, 4.69) is 19.2 Å². The molecule has 0 radical (unpaired) electrons. The lowest BCUT2D eigenvalue weighted by molar-refractivity contribution is -0.117. The highest BCUT2D eigenvalue weighted by molar-refractivity contribution is 6.24. The third kappa shape index (κ3) is 4.95. The summed E-state index contributed by atoms with van der Waals surface area (Å²) in [5.41, 5.74) is 3.19. The van der Waals surface area contributed by atoms with E-state index in [1.54, 1.807) is 7.11 Å². The molecule has 4 heteroatoms. The van der Waals surface area contributed by atoms with Gasteiger partial charge in [-0.05, 0) is 48.2 Å². The van der Waals surface area contributed by atoms with Gasteiger partial charge in [0.2, 0.25) is 0 Å². The molecule has 1 N–H and O–H groups in total. The summed E-state index contributed by atoms with van der Waals surface area (Å²) in [7, 11) is 1.64. The minimum Gasteiger partial charge on any atom is -0.497 e. The van der Waals surface area contributed by atoms with Gasteiger partial charge in [-0.3, -0.25) is 4.79 Å². The van der Waals surface area contributed by atoms with Crippen LogP contribution >= 0.6 is 0 Å². The second-order valence-electron chi connectivity index (χ2n) is 8.46. The number of amides is 1. The Hall–Kier alpha value is -3.53. The van der Waals surface area contributed by atoms with E-state index < -0.39 is 0 Å². The quantitative estimate of drug-likeness (QED) is 0.339. The highest BCUT2D eigenvalue weighted by atomic mass is 16.5. The maximum Gasteiger partial charge on any atom is 0.252 e. The fraction of sp³-hybridized carbons (Fsp3) is 0.276. The van der Waals surface area contributed by atoms with Gasteiger partial charge in [0.25, 0.3) is 5.91 Å². The number of fused-ring (bicyclic) bond motifs is 1. The van der Waals surface area contributed by atoms with Crippen LogP contribution in [0.1, 0.15) is 55.8 Å². The summed E-state index contributed by atoms with van der Waals surface area (Å²) in [6.07, 6.45) is 4.45. The lowest BCUT2D eigenvalue weighted by Crippen LogP contribution is -2.44. The van der Waals surface area contributed by atoms with Gasteiger partial charge in [0.1, 0.15) is 17.1 Å². The molecule has 0 bridgehead atoms. The van der Waals surface area contributed by atoms with Crippen molar-refractivity contribution in [3.8, 4) is 11.5 Å². The summed E-state index contributed by atoms with van der Waals surface area (Å²) in [5, 5.41) is 3.33. The summed E-state index contributed by atoms with van der Waals surface area (Å²) in [6, 6.07) is 25.4. The van der Waals surface area contributed by atoms with Gasteiger partial charge < -0.3 is 14.8 Å². The largest absolute Gasteiger partial charge is 0.497 e. The molecule has 33 heavy (non-hydrogen) atoms. The number of ether oxygens (including phenoxy) is 2. The Morgan fingerprint density at radius 3 is 2.33 bits per heavy atom. The molecule has 0 spiro atoms. The van der Waals surface area contributed by atoms with Crippen molar-refractivity contribution in [1.82, 2.24) is 5.32 Å². The van der Waals surface area contributed by atoms with Crippen LogP contribution in [0.3, 0.4) is 0 Å². The van der Waals surface area contributed by atoms with E-state index in [1.807, 2.05) is 84.9 Å². The van der Waals surface area contributed by atoms with Crippen LogP contribution in [0.15, 0.2) is 78.9 Å². The van der Waals surface area contributed by atoms with Gasteiger partial charge >= 0.3 is 0 Å². The zero-order chi connectivity index (χ0) is 23.3. The van der Waals surface area contributed by atoms with E-state index >= 15 is 0 Å². The molecule has 3 aromatic carbocycles. The molecule has 0 saturated carbocycles. The number of methoxy groups -OCH3 is 1. The standard InChI is InChI=1S/C29H31NO3/c1-4-29(5-2)20-26(24-13-9-10-14-27(24)33-29)30-28(31)25(22-11-7-6-8-12-22)19-21-15-17-23(32-3)18-16-21/h6-19,26H,4-5,20H2,1-3H3,(H,30,31)/b25-19+/t26-/m0/s1. The molecule has 0 aromatic heterocycles. The molecule has 1 heterocycles. The number of rotatable bonds is 7. The summed E-state index contributed by atoms with van der Waals surface area (Å²) in [5.74, 6) is 1.55. The second-order valence-corrected chi connectivity index (χ2v) is 8.46. The van der Waals surface area contributed by atoms with Crippen molar-refractivity contribution in [3.63, 3.8) is 0 Å². The Morgan fingerprint density at radius 1 is 1.00 bits per heavy atom. The molecule has 1 amide bonds. The second kappa shape index (κ2) is 9.95. The first-order valence-electron chi connectivity index (χ1n) is 11.6. The predicted octanol–water partition coefficient (Wildman–Crippen LogP) is 6.43. The first-order valence-corrected chi connectivity index (χ1v) is 11.6. The molecule has 0 unspecified atom stereocenters. The number of benzene rings is 3. The first-order chi connectivity index (χ1) is 16.1. The zero-order valence-electron chi connectivity index (χ0n) is 19.5. The highest BCUT2D eigenvalue weighted by Crippen LogP contribution is 2.42. The molecule has 1 aliphatic rings. The number of para-hydroxylation sites is 1. The molecule has 170 valence electrons. The van der Waals surface area contributed by atoms with Crippen LogP contribution < -0.4 is 14.8 Å². The van der Waals surface area contributed by atoms with Gasteiger partial charge in [-0.2, -0.15) is 0 Å². The molecule has 3 aromatic rings. The molecule has 0 aliphatic carbocycles. The van der Waals surface area contributed by atoms with Crippen molar-refractivity contribution in [2.75, 3.05) is 7.11 Å². The molecular formula is C29H31NO3. The Labute approximate surface area is 196 Å². The first kappa shape index (κ1) is 22.7. The highest BCUT2D eigenvalue weighted by Gasteiger charge is 2.39. The minimum atomic E-state index is -0.279. The van der Waals surface area contributed by atoms with Gasteiger partial charge in [-0.25, -0.2) is 0 Å². The van der Waals surface area contributed by atoms with Crippen molar-refractivity contribution in [1.29, 1.82) is 0 Å². The van der Waals surface area contributed by atoms with E-state index in [4.69, 9.17) is 9.47 Å². The maximum atomic E-state index is 13.7. The van der Waals surface area contributed by atoms with Crippen LogP contribution in [0.2, 0.25) is 0 Å². The Bertz CT molecular complexity index is 1120. The fourth-order valence-electron chi connectivity index (χ4n) is 4.43. The fourth-order valence-corrected chi connectivity index (χ4v) is 4.43. The van der Waals surface area contributed by atoms with Crippen LogP contribution in [0, 0.1) is 0 Å². The third-order valence-electron chi connectivity index (χ3n) is 6.55. The van der Waals surface area contributed by atoms with E-state index in [0.29, 0.717) is 5.57 Å². The van der Waals surface area contributed by atoms with Crippen molar-refractivity contribution < 1.29 is 14.3 Å².